The smallest absolute Gasteiger partial charge is 0.209 e. The van der Waals surface area contributed by atoms with E-state index in [4.69, 9.17) is 0 Å². The van der Waals surface area contributed by atoms with Gasteiger partial charge < -0.3 is 4.98 Å². The van der Waals surface area contributed by atoms with Gasteiger partial charge in [0.15, 0.2) is 0 Å². The number of rotatable bonds is 11. The molecule has 5 aromatic rings. The van der Waals surface area contributed by atoms with Gasteiger partial charge >= 0.3 is 0 Å². The number of nitrogens with zero attached hydrogens (tertiary/aromatic N) is 1. The molecule has 1 aromatic heterocycles. The Morgan fingerprint density at radius 1 is 0.750 bits per heavy atom. The summed E-state index contributed by atoms with van der Waals surface area (Å²) in [7, 11) is 0. The summed E-state index contributed by atoms with van der Waals surface area (Å²) in [4.78, 5) is 8.04. The first-order chi connectivity index (χ1) is 19.7. The summed E-state index contributed by atoms with van der Waals surface area (Å²) in [5, 5.41) is 0. The molecule has 0 fully saturated rings. The number of unbranched alkanes of at least 4 members (excludes halogenated alkanes) is 1. The molecule has 5 rings (SSSR count). The van der Waals surface area contributed by atoms with Gasteiger partial charge in [-0.25, -0.2) is 4.98 Å². The van der Waals surface area contributed by atoms with Crippen LogP contribution in [0.1, 0.15) is 61.7 Å². The van der Waals surface area contributed by atoms with E-state index in [0.717, 1.165) is 29.6 Å². The summed E-state index contributed by atoms with van der Waals surface area (Å²) in [6.45, 7) is 5.06. The monoisotopic (exact) mass is 590 g/mol. The second-order valence-corrected chi connectivity index (χ2v) is 11.3. The molecule has 0 aliphatic heterocycles. The van der Waals surface area contributed by atoms with E-state index in [0.29, 0.717) is 12.6 Å². The van der Waals surface area contributed by atoms with Crippen LogP contribution in [0.25, 0.3) is 0 Å². The van der Waals surface area contributed by atoms with E-state index in [1.54, 1.807) is 0 Å². The van der Waals surface area contributed by atoms with E-state index in [2.05, 4.69) is 155 Å². The van der Waals surface area contributed by atoms with Crippen molar-refractivity contribution >= 4 is 33.6 Å². The van der Waals surface area contributed by atoms with Crippen LogP contribution in [0.4, 0.5) is 0 Å². The molecule has 0 saturated carbocycles. The third-order valence-electron chi connectivity index (χ3n) is 7.45. The molecule has 0 spiro atoms. The molecule has 1 unspecified atom stereocenters. The van der Waals surface area contributed by atoms with Crippen LogP contribution in [0, 0.1) is 0 Å². The molecule has 0 aliphatic rings. The molecule has 40 heavy (non-hydrogen) atoms. The minimum absolute atomic E-state index is 0.539. The molecule has 0 aliphatic carbocycles. The van der Waals surface area contributed by atoms with Gasteiger partial charge in [0.25, 0.3) is 0 Å². The van der Waals surface area contributed by atoms with Crippen LogP contribution >= 0.6 is 15.9 Å². The van der Waals surface area contributed by atoms with Gasteiger partial charge in [-0.05, 0) is 42.0 Å². The van der Waals surface area contributed by atoms with Crippen LogP contribution in [0.15, 0.2) is 126 Å². The highest BCUT2D eigenvalue weighted by Crippen LogP contribution is 2.23. The van der Waals surface area contributed by atoms with Crippen LogP contribution in [0.2, 0.25) is 6.32 Å². The minimum atomic E-state index is 0.539. The molecule has 4 aromatic carbocycles. The van der Waals surface area contributed by atoms with Crippen molar-refractivity contribution < 1.29 is 0 Å². The van der Waals surface area contributed by atoms with Crippen molar-refractivity contribution in [1.82, 2.24) is 9.97 Å². The molecule has 2 nitrogen and oxygen atoms in total. The Morgan fingerprint density at radius 3 is 1.88 bits per heavy atom. The molecule has 1 atom stereocenters. The first kappa shape index (κ1) is 29.6. The molecule has 204 valence electrons. The van der Waals surface area contributed by atoms with Crippen molar-refractivity contribution in [2.45, 2.75) is 58.2 Å². The van der Waals surface area contributed by atoms with Crippen molar-refractivity contribution in [3.05, 3.63) is 149 Å². The van der Waals surface area contributed by atoms with Crippen molar-refractivity contribution in [2.75, 3.05) is 0 Å². The normalized spacial score (nSPS) is 11.4. The molecular formula is C36H40BBrN2. The molecule has 1 N–H and O–H groups in total. The van der Waals surface area contributed by atoms with E-state index in [1.807, 2.05) is 6.20 Å². The average Bonchev–Trinajstić information content (AvgIpc) is 3.46. The van der Waals surface area contributed by atoms with Gasteiger partial charge in [0.05, 0.1) is 0 Å². The summed E-state index contributed by atoms with van der Waals surface area (Å²) >= 11 is 3.47. The number of H-pyrrole nitrogens is 1. The molecule has 4 heteroatoms. The zero-order valence-corrected chi connectivity index (χ0v) is 25.4. The standard InChI is InChI=1S/C20H21BrN2.C16H19B/c1-2-16(17-6-4-3-5-7-17)13-19-14-22-20(23-19)12-15-8-10-18(21)11-9-15;1-2-3-14-17(15-10-6-4-7-11-15)16-12-8-5-9-13-16/h3-11,14,16H,2,12-13H2,1H3,(H,22,23);4-13H,2-3,14H2,1H3. The van der Waals surface area contributed by atoms with Gasteiger partial charge in [-0.3, -0.25) is 0 Å². The predicted molar refractivity (Wildman–Crippen MR) is 176 cm³/mol. The summed E-state index contributed by atoms with van der Waals surface area (Å²) in [5.74, 6) is 1.57. The average molecular weight is 591 g/mol. The van der Waals surface area contributed by atoms with E-state index in [9.17, 15) is 0 Å². The lowest BCUT2D eigenvalue weighted by Gasteiger charge is -2.14. The second-order valence-electron chi connectivity index (χ2n) is 10.4. The van der Waals surface area contributed by atoms with Gasteiger partial charge in [-0.2, -0.15) is 0 Å². The largest absolute Gasteiger partial charge is 0.346 e. The van der Waals surface area contributed by atoms with E-state index >= 15 is 0 Å². The highest BCUT2D eigenvalue weighted by atomic mass is 79.9. The fourth-order valence-corrected chi connectivity index (χ4v) is 5.45. The first-order valence-electron chi connectivity index (χ1n) is 14.6. The van der Waals surface area contributed by atoms with E-state index in [-0.39, 0.29) is 0 Å². The summed E-state index contributed by atoms with van der Waals surface area (Å²) in [6.07, 6.45) is 8.75. The van der Waals surface area contributed by atoms with E-state index < -0.39 is 0 Å². The predicted octanol–water partition coefficient (Wildman–Crippen LogP) is 8.60. The number of hydrogen-bond donors (Lipinski definition) is 1. The van der Waals surface area contributed by atoms with Crippen LogP contribution in [0.5, 0.6) is 0 Å². The maximum absolute atomic E-state index is 4.55. The maximum Gasteiger partial charge on any atom is 0.209 e. The molecule has 0 saturated heterocycles. The zero-order chi connectivity index (χ0) is 28.0. The topological polar surface area (TPSA) is 28.7 Å². The van der Waals surface area contributed by atoms with Crippen molar-refractivity contribution in [3.8, 4) is 0 Å². The SMILES string of the molecule is CCC(Cc1cnc(Cc2ccc(Br)cc2)[nH]1)c1ccccc1.CCCCB(c1ccccc1)c1ccccc1. The van der Waals surface area contributed by atoms with Crippen LogP contribution in [-0.2, 0) is 12.8 Å². The molecule has 0 radical (unpaired) electrons. The number of halogens is 1. The fraction of sp³-hybridized carbons (Fsp3) is 0.250. The summed E-state index contributed by atoms with van der Waals surface area (Å²) in [6, 6.07) is 40.8. The number of hydrogen-bond acceptors (Lipinski definition) is 1. The Balaban J connectivity index is 0.000000194. The molecular weight excluding hydrogens is 551 g/mol. The van der Waals surface area contributed by atoms with Crippen molar-refractivity contribution in [1.29, 1.82) is 0 Å². The van der Waals surface area contributed by atoms with Gasteiger partial charge in [0.1, 0.15) is 5.82 Å². The Hall–Kier alpha value is -3.37. The Kier molecular flexibility index (Phi) is 11.9. The number of benzene rings is 4. The molecule has 0 amide bonds. The van der Waals surface area contributed by atoms with Gasteiger partial charge in [-0.15, -0.1) is 0 Å². The lowest BCUT2D eigenvalue weighted by Crippen LogP contribution is -2.41. The van der Waals surface area contributed by atoms with Crippen LogP contribution in [-0.4, -0.2) is 16.7 Å². The van der Waals surface area contributed by atoms with Gasteiger partial charge in [0, 0.05) is 22.8 Å². The number of imidazole rings is 1. The maximum atomic E-state index is 4.55. The van der Waals surface area contributed by atoms with Gasteiger partial charge in [0.2, 0.25) is 6.71 Å². The Labute approximate surface area is 249 Å². The number of nitrogens with one attached hydrogen (secondary N) is 1. The molecule has 0 bridgehead atoms. The van der Waals surface area contributed by atoms with Crippen molar-refractivity contribution in [2.24, 2.45) is 0 Å². The van der Waals surface area contributed by atoms with E-state index in [1.165, 1.54) is 46.9 Å². The third-order valence-corrected chi connectivity index (χ3v) is 7.97. The third kappa shape index (κ3) is 9.10. The number of aromatic nitrogens is 2. The summed E-state index contributed by atoms with van der Waals surface area (Å²) in [5.41, 5.74) is 6.76. The van der Waals surface area contributed by atoms with Gasteiger partial charge in [-0.1, -0.05) is 163 Å². The first-order valence-corrected chi connectivity index (χ1v) is 15.4. The number of aromatic amines is 1. The minimum Gasteiger partial charge on any atom is -0.346 e. The Morgan fingerprint density at radius 2 is 1.32 bits per heavy atom. The second kappa shape index (κ2) is 16.0. The highest BCUT2D eigenvalue weighted by molar-refractivity contribution is 9.10. The fourth-order valence-electron chi connectivity index (χ4n) is 5.19. The summed E-state index contributed by atoms with van der Waals surface area (Å²) < 4.78 is 1.11. The van der Waals surface area contributed by atoms with Crippen LogP contribution < -0.4 is 10.9 Å². The quantitative estimate of drug-likeness (QED) is 0.153. The Bertz CT molecular complexity index is 1330. The van der Waals surface area contributed by atoms with Crippen LogP contribution in [0.3, 0.4) is 0 Å². The lowest BCUT2D eigenvalue weighted by molar-refractivity contribution is 0.651. The van der Waals surface area contributed by atoms with Crippen molar-refractivity contribution in [3.63, 3.8) is 0 Å². The molecule has 1 heterocycles. The highest BCUT2D eigenvalue weighted by Gasteiger charge is 2.17. The lowest BCUT2D eigenvalue weighted by atomic mass is 9.38. The zero-order valence-electron chi connectivity index (χ0n) is 23.8.